The highest BCUT2D eigenvalue weighted by Crippen LogP contribution is 2.33. The van der Waals surface area contributed by atoms with Crippen LogP contribution in [0.3, 0.4) is 0 Å². The molecule has 21 heavy (non-hydrogen) atoms. The van der Waals surface area contributed by atoms with Gasteiger partial charge in [-0.3, -0.25) is 4.79 Å². The maximum absolute atomic E-state index is 12.1. The van der Waals surface area contributed by atoms with Crippen LogP contribution in [0, 0.1) is 5.92 Å². The second-order valence-corrected chi connectivity index (χ2v) is 5.89. The summed E-state index contributed by atoms with van der Waals surface area (Å²) < 4.78 is 0. The third-order valence-corrected chi connectivity index (χ3v) is 4.29. The molecule has 1 aromatic heterocycles. The van der Waals surface area contributed by atoms with Crippen LogP contribution in [0.4, 0.5) is 0 Å². The first-order valence-electron chi connectivity index (χ1n) is 6.70. The minimum Gasteiger partial charge on any atom is -0.480 e. The molecule has 1 atom stereocenters. The number of carbonyl (C=O) groups is 2. The molecule has 1 heterocycles. The zero-order chi connectivity index (χ0) is 14.8. The van der Waals surface area contributed by atoms with Crippen molar-refractivity contribution in [3.05, 3.63) is 41.4 Å². The smallest absolute Gasteiger partial charge is 0.326 e. The van der Waals surface area contributed by atoms with Crippen LogP contribution in [0.5, 0.6) is 0 Å². The Morgan fingerprint density at radius 3 is 2.62 bits per heavy atom. The van der Waals surface area contributed by atoms with Crippen LogP contribution in [-0.4, -0.2) is 28.0 Å². The average Bonchev–Trinajstić information content (AvgIpc) is 3.20. The third kappa shape index (κ3) is 3.11. The third-order valence-electron chi connectivity index (χ3n) is 3.40. The minimum atomic E-state index is -0.982. The van der Waals surface area contributed by atoms with E-state index in [1.807, 2.05) is 30.3 Å². The molecule has 2 N–H and O–H groups in total. The summed E-state index contributed by atoms with van der Waals surface area (Å²) in [6.45, 7) is 0. The molecule has 6 heteroatoms. The van der Waals surface area contributed by atoms with Gasteiger partial charge in [-0.2, -0.15) is 0 Å². The molecule has 1 aliphatic carbocycles. The van der Waals surface area contributed by atoms with E-state index in [4.69, 9.17) is 5.11 Å². The van der Waals surface area contributed by atoms with Crippen molar-refractivity contribution in [2.45, 2.75) is 18.9 Å². The molecule has 0 radical (unpaired) electrons. The lowest BCUT2D eigenvalue weighted by atomic mass is 10.2. The molecule has 0 spiro atoms. The highest BCUT2D eigenvalue weighted by Gasteiger charge is 2.37. The standard InChI is InChI=1S/C15H14N2O3S/c18-13(17-12(15(19)20)9-6-7-9)11-8-21-14(16-11)10-4-2-1-3-5-10/h1-5,8-9,12H,6-7H2,(H,17,18)(H,19,20). The number of amides is 1. The van der Waals surface area contributed by atoms with Crippen LogP contribution in [0.25, 0.3) is 10.6 Å². The zero-order valence-corrected chi connectivity index (χ0v) is 12.0. The fraction of sp³-hybridized carbons (Fsp3) is 0.267. The summed E-state index contributed by atoms with van der Waals surface area (Å²) in [6, 6.07) is 8.76. The van der Waals surface area contributed by atoms with E-state index in [0.29, 0.717) is 0 Å². The molecule has 108 valence electrons. The van der Waals surface area contributed by atoms with E-state index in [2.05, 4.69) is 10.3 Å². The van der Waals surface area contributed by atoms with E-state index in [9.17, 15) is 9.59 Å². The Balaban J connectivity index is 1.73. The van der Waals surface area contributed by atoms with Crippen molar-refractivity contribution in [1.82, 2.24) is 10.3 Å². The number of aliphatic carboxylic acids is 1. The zero-order valence-electron chi connectivity index (χ0n) is 11.2. The number of nitrogens with one attached hydrogen (secondary N) is 1. The van der Waals surface area contributed by atoms with E-state index in [1.54, 1.807) is 5.38 Å². The minimum absolute atomic E-state index is 0.0543. The van der Waals surface area contributed by atoms with Crippen LogP contribution in [-0.2, 0) is 4.79 Å². The summed E-state index contributed by atoms with van der Waals surface area (Å²) >= 11 is 1.37. The Labute approximate surface area is 125 Å². The number of hydrogen-bond acceptors (Lipinski definition) is 4. The molecule has 3 rings (SSSR count). The van der Waals surface area contributed by atoms with Gasteiger partial charge in [-0.25, -0.2) is 9.78 Å². The van der Waals surface area contributed by atoms with Crippen molar-refractivity contribution in [2.75, 3.05) is 0 Å². The lowest BCUT2D eigenvalue weighted by Gasteiger charge is -2.12. The van der Waals surface area contributed by atoms with Crippen molar-refractivity contribution in [1.29, 1.82) is 0 Å². The van der Waals surface area contributed by atoms with Gasteiger partial charge in [0.1, 0.15) is 16.7 Å². The highest BCUT2D eigenvalue weighted by atomic mass is 32.1. The first-order valence-corrected chi connectivity index (χ1v) is 7.58. The molecule has 0 aliphatic heterocycles. The molecule has 0 saturated heterocycles. The molecular formula is C15H14N2O3S. The molecule has 2 aromatic rings. The second-order valence-electron chi connectivity index (χ2n) is 5.03. The number of nitrogens with zero attached hydrogens (tertiary/aromatic N) is 1. The molecule has 0 bridgehead atoms. The molecule has 1 aromatic carbocycles. The predicted octanol–water partition coefficient (Wildman–Crippen LogP) is 2.40. The summed E-state index contributed by atoms with van der Waals surface area (Å²) in [4.78, 5) is 27.5. The number of carbonyl (C=O) groups excluding carboxylic acids is 1. The van der Waals surface area contributed by atoms with Crippen LogP contribution in [0.2, 0.25) is 0 Å². The van der Waals surface area contributed by atoms with Gasteiger partial charge in [0, 0.05) is 10.9 Å². The first-order chi connectivity index (χ1) is 10.1. The Morgan fingerprint density at radius 2 is 2.00 bits per heavy atom. The lowest BCUT2D eigenvalue weighted by Crippen LogP contribution is -2.42. The van der Waals surface area contributed by atoms with Gasteiger partial charge in [-0.05, 0) is 18.8 Å². The largest absolute Gasteiger partial charge is 0.480 e. The Hall–Kier alpha value is -2.21. The molecule has 1 unspecified atom stereocenters. The van der Waals surface area contributed by atoms with Crippen molar-refractivity contribution in [2.24, 2.45) is 5.92 Å². The van der Waals surface area contributed by atoms with E-state index in [1.165, 1.54) is 11.3 Å². The molecule has 1 saturated carbocycles. The van der Waals surface area contributed by atoms with Gasteiger partial charge in [-0.15, -0.1) is 11.3 Å². The fourth-order valence-electron chi connectivity index (χ4n) is 2.12. The molecule has 1 aliphatic rings. The molecule has 1 fully saturated rings. The van der Waals surface area contributed by atoms with Crippen LogP contribution < -0.4 is 5.32 Å². The van der Waals surface area contributed by atoms with Crippen molar-refractivity contribution >= 4 is 23.2 Å². The van der Waals surface area contributed by atoms with Crippen LogP contribution in [0.15, 0.2) is 35.7 Å². The lowest BCUT2D eigenvalue weighted by molar-refractivity contribution is -0.139. The van der Waals surface area contributed by atoms with E-state index in [0.717, 1.165) is 23.4 Å². The number of carboxylic acid groups (broad SMARTS) is 1. The predicted molar refractivity (Wildman–Crippen MR) is 79.2 cm³/mol. The Morgan fingerprint density at radius 1 is 1.29 bits per heavy atom. The van der Waals surface area contributed by atoms with Gasteiger partial charge in [0.2, 0.25) is 0 Å². The number of benzene rings is 1. The quantitative estimate of drug-likeness (QED) is 0.889. The molecule has 1 amide bonds. The van der Waals surface area contributed by atoms with Gasteiger partial charge in [-0.1, -0.05) is 30.3 Å². The SMILES string of the molecule is O=C(NC(C(=O)O)C1CC1)c1csc(-c2ccccc2)n1. The normalized spacial score (nSPS) is 15.4. The summed E-state index contributed by atoms with van der Waals surface area (Å²) in [5.41, 5.74) is 1.21. The monoisotopic (exact) mass is 302 g/mol. The fourth-order valence-corrected chi connectivity index (χ4v) is 2.92. The summed E-state index contributed by atoms with van der Waals surface area (Å²) in [5, 5.41) is 14.1. The first kappa shape index (κ1) is 13.8. The number of aromatic nitrogens is 1. The summed E-state index contributed by atoms with van der Waals surface area (Å²) in [7, 11) is 0. The Bertz CT molecular complexity index is 665. The van der Waals surface area contributed by atoms with Gasteiger partial charge in [0.25, 0.3) is 5.91 Å². The molecular weight excluding hydrogens is 288 g/mol. The van der Waals surface area contributed by atoms with Gasteiger partial charge in [0.05, 0.1) is 0 Å². The summed E-state index contributed by atoms with van der Waals surface area (Å²) in [6.07, 6.45) is 1.70. The van der Waals surface area contributed by atoms with E-state index >= 15 is 0 Å². The average molecular weight is 302 g/mol. The second kappa shape index (κ2) is 5.65. The van der Waals surface area contributed by atoms with Crippen LogP contribution >= 0.6 is 11.3 Å². The van der Waals surface area contributed by atoms with Crippen molar-refractivity contribution in [3.63, 3.8) is 0 Å². The van der Waals surface area contributed by atoms with Gasteiger partial charge >= 0.3 is 5.97 Å². The van der Waals surface area contributed by atoms with E-state index < -0.39 is 17.9 Å². The number of thiazole rings is 1. The van der Waals surface area contributed by atoms with Crippen LogP contribution in [0.1, 0.15) is 23.3 Å². The number of carboxylic acids is 1. The van der Waals surface area contributed by atoms with E-state index in [-0.39, 0.29) is 11.6 Å². The van der Waals surface area contributed by atoms with Gasteiger partial charge in [0.15, 0.2) is 0 Å². The van der Waals surface area contributed by atoms with Crippen molar-refractivity contribution < 1.29 is 14.7 Å². The molecule has 5 nitrogen and oxygen atoms in total. The highest BCUT2D eigenvalue weighted by molar-refractivity contribution is 7.13. The van der Waals surface area contributed by atoms with Crippen molar-refractivity contribution in [3.8, 4) is 10.6 Å². The maximum Gasteiger partial charge on any atom is 0.326 e. The maximum atomic E-state index is 12.1. The number of rotatable bonds is 5. The number of hydrogen-bond donors (Lipinski definition) is 2. The van der Waals surface area contributed by atoms with Gasteiger partial charge < -0.3 is 10.4 Å². The Kier molecular flexibility index (Phi) is 3.70. The topological polar surface area (TPSA) is 79.3 Å². The summed E-state index contributed by atoms with van der Waals surface area (Å²) in [5.74, 6) is -1.35.